The lowest BCUT2D eigenvalue weighted by molar-refractivity contribution is -0.00539. The van der Waals surface area contributed by atoms with Crippen LogP contribution in [-0.4, -0.2) is 23.2 Å². The molecule has 0 saturated heterocycles. The normalized spacial score (nSPS) is 26.3. The fourth-order valence-electron chi connectivity index (χ4n) is 2.69. The molecule has 0 radical (unpaired) electrons. The zero-order valence-corrected chi connectivity index (χ0v) is 13.7. The number of carbonyl (C=O) groups is 1. The molecule has 0 atom stereocenters. The number of halogens is 1. The maximum atomic E-state index is 12.2. The Morgan fingerprint density at radius 1 is 1.40 bits per heavy atom. The van der Waals surface area contributed by atoms with Gasteiger partial charge in [-0.3, -0.25) is 4.79 Å². The lowest BCUT2D eigenvalue weighted by atomic mass is 9.79. The van der Waals surface area contributed by atoms with Crippen LogP contribution in [0.5, 0.6) is 0 Å². The van der Waals surface area contributed by atoms with Gasteiger partial charge in [0, 0.05) is 16.6 Å². The summed E-state index contributed by atoms with van der Waals surface area (Å²) in [5, 5.41) is 13.3. The standard InChI is InChI=1S/C16H22BrNO2/c1-11-3-5-16(20,6-4-11)10-18-15(19)13-7-12(2)8-14(17)9-13/h7-9,11,20H,3-6,10H2,1-2H3,(H,18,19). The van der Waals surface area contributed by atoms with Crippen molar-refractivity contribution in [3.8, 4) is 0 Å². The predicted molar refractivity (Wildman–Crippen MR) is 83.8 cm³/mol. The van der Waals surface area contributed by atoms with Crippen molar-refractivity contribution in [2.45, 2.75) is 45.1 Å². The topological polar surface area (TPSA) is 49.3 Å². The molecule has 1 fully saturated rings. The molecule has 1 aromatic rings. The van der Waals surface area contributed by atoms with E-state index in [2.05, 4.69) is 28.2 Å². The van der Waals surface area contributed by atoms with Crippen LogP contribution in [0.4, 0.5) is 0 Å². The zero-order chi connectivity index (χ0) is 14.8. The SMILES string of the molecule is Cc1cc(Br)cc(C(=O)NCC2(O)CCC(C)CC2)c1. The average Bonchev–Trinajstić information content (AvgIpc) is 2.39. The Kier molecular flexibility index (Phi) is 4.86. The van der Waals surface area contributed by atoms with Gasteiger partial charge in [0.2, 0.25) is 0 Å². The molecular formula is C16H22BrNO2. The van der Waals surface area contributed by atoms with Crippen molar-refractivity contribution in [3.63, 3.8) is 0 Å². The van der Waals surface area contributed by atoms with E-state index < -0.39 is 5.60 Å². The number of aliphatic hydroxyl groups is 1. The number of amides is 1. The van der Waals surface area contributed by atoms with E-state index in [1.165, 1.54) is 0 Å². The van der Waals surface area contributed by atoms with Crippen LogP contribution in [-0.2, 0) is 0 Å². The summed E-state index contributed by atoms with van der Waals surface area (Å²) in [5.74, 6) is 0.556. The van der Waals surface area contributed by atoms with Crippen molar-refractivity contribution in [1.82, 2.24) is 5.32 Å². The lowest BCUT2D eigenvalue weighted by Gasteiger charge is -2.34. The number of hydrogen-bond acceptors (Lipinski definition) is 2. The first-order valence-corrected chi connectivity index (χ1v) is 7.95. The first-order valence-electron chi connectivity index (χ1n) is 7.16. The summed E-state index contributed by atoms with van der Waals surface area (Å²) in [4.78, 5) is 12.2. The minimum absolute atomic E-state index is 0.124. The summed E-state index contributed by atoms with van der Waals surface area (Å²) >= 11 is 3.40. The molecule has 20 heavy (non-hydrogen) atoms. The monoisotopic (exact) mass is 339 g/mol. The molecule has 110 valence electrons. The molecule has 2 rings (SSSR count). The number of benzene rings is 1. The molecule has 0 unspecified atom stereocenters. The average molecular weight is 340 g/mol. The Morgan fingerprint density at radius 2 is 2.05 bits per heavy atom. The summed E-state index contributed by atoms with van der Waals surface area (Å²) in [6.45, 7) is 4.50. The third kappa shape index (κ3) is 4.06. The fraction of sp³-hybridized carbons (Fsp3) is 0.562. The second-order valence-corrected chi connectivity index (χ2v) is 7.02. The van der Waals surface area contributed by atoms with Crippen molar-refractivity contribution < 1.29 is 9.90 Å². The van der Waals surface area contributed by atoms with Gasteiger partial charge in [0.05, 0.1) is 5.60 Å². The molecule has 1 aliphatic carbocycles. The number of aryl methyl sites for hydroxylation is 1. The van der Waals surface area contributed by atoms with Gasteiger partial charge in [0.25, 0.3) is 5.91 Å². The molecule has 0 spiro atoms. The molecule has 0 bridgehead atoms. The van der Waals surface area contributed by atoms with Gasteiger partial charge in [-0.15, -0.1) is 0 Å². The van der Waals surface area contributed by atoms with E-state index in [9.17, 15) is 9.90 Å². The molecule has 2 N–H and O–H groups in total. The van der Waals surface area contributed by atoms with Gasteiger partial charge in [0.15, 0.2) is 0 Å². The second-order valence-electron chi connectivity index (χ2n) is 6.11. The van der Waals surface area contributed by atoms with Crippen LogP contribution < -0.4 is 5.32 Å². The van der Waals surface area contributed by atoms with Gasteiger partial charge in [-0.05, 0) is 62.3 Å². The molecule has 1 saturated carbocycles. The number of rotatable bonds is 3. The van der Waals surface area contributed by atoms with Crippen molar-refractivity contribution in [3.05, 3.63) is 33.8 Å². The smallest absolute Gasteiger partial charge is 0.251 e. The van der Waals surface area contributed by atoms with Crippen LogP contribution >= 0.6 is 15.9 Å². The molecule has 0 aliphatic heterocycles. The fourth-order valence-corrected chi connectivity index (χ4v) is 3.30. The van der Waals surface area contributed by atoms with Crippen molar-refractivity contribution in [1.29, 1.82) is 0 Å². The van der Waals surface area contributed by atoms with Gasteiger partial charge in [-0.1, -0.05) is 22.9 Å². The molecule has 0 heterocycles. The predicted octanol–water partition coefficient (Wildman–Crippen LogP) is 3.43. The highest BCUT2D eigenvalue weighted by Gasteiger charge is 2.32. The van der Waals surface area contributed by atoms with E-state index in [-0.39, 0.29) is 5.91 Å². The largest absolute Gasteiger partial charge is 0.388 e. The van der Waals surface area contributed by atoms with E-state index in [0.29, 0.717) is 18.0 Å². The first kappa shape index (κ1) is 15.5. The van der Waals surface area contributed by atoms with Crippen molar-refractivity contribution in [2.75, 3.05) is 6.54 Å². The Morgan fingerprint density at radius 3 is 2.65 bits per heavy atom. The highest BCUT2D eigenvalue weighted by molar-refractivity contribution is 9.10. The van der Waals surface area contributed by atoms with E-state index in [0.717, 1.165) is 35.7 Å². The molecule has 1 aliphatic rings. The van der Waals surface area contributed by atoms with Crippen molar-refractivity contribution >= 4 is 21.8 Å². The highest BCUT2D eigenvalue weighted by Crippen LogP contribution is 2.31. The van der Waals surface area contributed by atoms with Crippen LogP contribution in [0.1, 0.15) is 48.5 Å². The van der Waals surface area contributed by atoms with E-state index in [4.69, 9.17) is 0 Å². The number of nitrogens with one attached hydrogen (secondary N) is 1. The summed E-state index contributed by atoms with van der Waals surface area (Å²) in [6, 6.07) is 5.62. The maximum Gasteiger partial charge on any atom is 0.251 e. The Bertz CT molecular complexity index is 473. The summed E-state index contributed by atoms with van der Waals surface area (Å²) in [7, 11) is 0. The zero-order valence-electron chi connectivity index (χ0n) is 12.1. The third-order valence-corrected chi connectivity index (χ3v) is 4.55. The maximum absolute atomic E-state index is 12.2. The van der Waals surface area contributed by atoms with Gasteiger partial charge in [-0.2, -0.15) is 0 Å². The quantitative estimate of drug-likeness (QED) is 0.886. The van der Waals surface area contributed by atoms with Crippen LogP contribution in [0.2, 0.25) is 0 Å². The van der Waals surface area contributed by atoms with E-state index >= 15 is 0 Å². The van der Waals surface area contributed by atoms with E-state index in [1.54, 1.807) is 6.07 Å². The molecular weight excluding hydrogens is 318 g/mol. The van der Waals surface area contributed by atoms with Gasteiger partial charge in [-0.25, -0.2) is 0 Å². The van der Waals surface area contributed by atoms with Crippen LogP contribution in [0.3, 0.4) is 0 Å². The van der Waals surface area contributed by atoms with E-state index in [1.807, 2.05) is 19.1 Å². The highest BCUT2D eigenvalue weighted by atomic mass is 79.9. The third-order valence-electron chi connectivity index (χ3n) is 4.09. The minimum Gasteiger partial charge on any atom is -0.388 e. The number of hydrogen-bond donors (Lipinski definition) is 2. The Hall–Kier alpha value is -0.870. The van der Waals surface area contributed by atoms with Gasteiger partial charge in [0.1, 0.15) is 0 Å². The second kappa shape index (κ2) is 6.27. The number of carbonyl (C=O) groups excluding carboxylic acids is 1. The van der Waals surface area contributed by atoms with Gasteiger partial charge >= 0.3 is 0 Å². The lowest BCUT2D eigenvalue weighted by Crippen LogP contribution is -2.45. The molecule has 4 heteroatoms. The summed E-state index contributed by atoms with van der Waals surface area (Å²) < 4.78 is 0.896. The van der Waals surface area contributed by atoms with Gasteiger partial charge < -0.3 is 10.4 Å². The summed E-state index contributed by atoms with van der Waals surface area (Å²) in [6.07, 6.45) is 3.60. The molecule has 0 aromatic heterocycles. The van der Waals surface area contributed by atoms with Crippen LogP contribution in [0.15, 0.2) is 22.7 Å². The minimum atomic E-state index is -0.733. The first-order chi connectivity index (χ1) is 9.38. The Labute approximate surface area is 128 Å². The van der Waals surface area contributed by atoms with Crippen LogP contribution in [0.25, 0.3) is 0 Å². The molecule has 1 amide bonds. The van der Waals surface area contributed by atoms with Crippen LogP contribution in [0, 0.1) is 12.8 Å². The van der Waals surface area contributed by atoms with Crippen molar-refractivity contribution in [2.24, 2.45) is 5.92 Å². The molecule has 3 nitrogen and oxygen atoms in total. The molecule has 1 aromatic carbocycles. The Balaban J connectivity index is 1.95. The summed E-state index contributed by atoms with van der Waals surface area (Å²) in [5.41, 5.74) is 0.933.